The molecule has 6 N–H and O–H groups in total. The van der Waals surface area contributed by atoms with Gasteiger partial charge in [-0.15, -0.1) is 0 Å². The third kappa shape index (κ3) is 6.95. The van der Waals surface area contributed by atoms with E-state index in [1.165, 1.54) is 0 Å². The number of urea groups is 2. The second kappa shape index (κ2) is 12.0. The number of hydrazine groups is 2. The first-order chi connectivity index (χ1) is 18.0. The van der Waals surface area contributed by atoms with Crippen molar-refractivity contribution < 1.29 is 19.2 Å². The number of nitrogens with one attached hydrogen (secondary N) is 6. The second-order valence-corrected chi connectivity index (χ2v) is 8.16. The quantitative estimate of drug-likeness (QED) is 0.222. The molecule has 0 heterocycles. The average molecular weight is 499 g/mol. The highest BCUT2D eigenvalue weighted by atomic mass is 16.2. The molecule has 0 aliphatic rings. The maximum atomic E-state index is 12.1. The molecule has 0 radical (unpaired) electrons. The van der Waals surface area contributed by atoms with E-state index >= 15 is 0 Å². The second-order valence-electron chi connectivity index (χ2n) is 8.16. The third-order valence-corrected chi connectivity index (χ3v) is 5.51. The van der Waals surface area contributed by atoms with E-state index in [1.54, 1.807) is 12.1 Å². The van der Waals surface area contributed by atoms with Crippen LogP contribution in [0, 0.1) is 0 Å². The lowest BCUT2D eigenvalue weighted by molar-refractivity contribution is -0.123. The zero-order chi connectivity index (χ0) is 26.0. The fourth-order valence-corrected chi connectivity index (χ4v) is 3.76. The third-order valence-electron chi connectivity index (χ3n) is 5.51. The van der Waals surface area contributed by atoms with Gasteiger partial charge in [0.1, 0.15) is 0 Å². The van der Waals surface area contributed by atoms with Gasteiger partial charge in [0, 0.05) is 23.6 Å². The van der Waals surface area contributed by atoms with Crippen LogP contribution in [0.2, 0.25) is 0 Å². The summed E-state index contributed by atoms with van der Waals surface area (Å²) in [5.41, 5.74) is 10.4. The van der Waals surface area contributed by atoms with Crippen molar-refractivity contribution in [1.82, 2.24) is 21.7 Å². The molecule has 37 heavy (non-hydrogen) atoms. The molecule has 0 bridgehead atoms. The minimum absolute atomic E-state index is 0.00414. The number of rotatable bonds is 6. The largest absolute Gasteiger partial charge is 0.337 e. The van der Waals surface area contributed by atoms with Crippen molar-refractivity contribution in [3.63, 3.8) is 0 Å². The van der Waals surface area contributed by atoms with Gasteiger partial charge < -0.3 is 10.6 Å². The number of hydrogen-bond acceptors (Lipinski definition) is 4. The molecule has 0 saturated heterocycles. The van der Waals surface area contributed by atoms with E-state index in [1.807, 2.05) is 72.8 Å². The molecular formula is C27H26N6O4. The minimum Gasteiger partial charge on any atom is -0.306 e. The molecule has 10 nitrogen and oxygen atoms in total. The van der Waals surface area contributed by atoms with Gasteiger partial charge in [0.25, 0.3) is 0 Å². The molecule has 0 aliphatic heterocycles. The summed E-state index contributed by atoms with van der Waals surface area (Å²) in [6.07, 6.45) is 0.227. The van der Waals surface area contributed by atoms with Crippen LogP contribution in [-0.4, -0.2) is 23.9 Å². The fraction of sp³-hybridized carbons (Fsp3) is 0.111. The van der Waals surface area contributed by atoms with Crippen LogP contribution in [-0.2, 0) is 9.59 Å². The van der Waals surface area contributed by atoms with Gasteiger partial charge in [-0.3, -0.25) is 20.4 Å². The number of carbonyl (C=O) groups is 4. The Morgan fingerprint density at radius 1 is 0.486 bits per heavy atom. The number of carbonyl (C=O) groups excluding carboxylic acids is 4. The molecule has 6 amide bonds. The topological polar surface area (TPSA) is 140 Å². The van der Waals surface area contributed by atoms with Crippen LogP contribution in [0.5, 0.6) is 0 Å². The predicted octanol–water partition coefficient (Wildman–Crippen LogP) is 4.17. The van der Waals surface area contributed by atoms with Gasteiger partial charge >= 0.3 is 12.1 Å². The van der Waals surface area contributed by atoms with E-state index in [0.717, 1.165) is 21.5 Å². The Morgan fingerprint density at radius 2 is 0.892 bits per heavy atom. The van der Waals surface area contributed by atoms with Gasteiger partial charge in [-0.05, 0) is 29.3 Å². The summed E-state index contributed by atoms with van der Waals surface area (Å²) in [5.74, 6) is -0.912. The predicted molar refractivity (Wildman–Crippen MR) is 142 cm³/mol. The summed E-state index contributed by atoms with van der Waals surface area (Å²) < 4.78 is 0. The molecule has 4 rings (SSSR count). The monoisotopic (exact) mass is 498 g/mol. The number of amides is 6. The number of anilines is 2. The fourth-order valence-electron chi connectivity index (χ4n) is 3.76. The van der Waals surface area contributed by atoms with Crippen molar-refractivity contribution in [2.75, 3.05) is 10.6 Å². The highest BCUT2D eigenvalue weighted by Gasteiger charge is 2.10. The van der Waals surface area contributed by atoms with Crippen molar-refractivity contribution in [2.45, 2.75) is 19.3 Å². The molecule has 0 aliphatic carbocycles. The van der Waals surface area contributed by atoms with Gasteiger partial charge in [0.05, 0.1) is 11.4 Å². The lowest BCUT2D eigenvalue weighted by Crippen LogP contribution is -2.44. The first-order valence-electron chi connectivity index (χ1n) is 11.7. The maximum Gasteiger partial charge on any atom is 0.337 e. The van der Waals surface area contributed by atoms with E-state index in [4.69, 9.17) is 0 Å². The van der Waals surface area contributed by atoms with Gasteiger partial charge in [-0.25, -0.2) is 20.4 Å². The Balaban J connectivity index is 1.13. The molecule has 10 heteroatoms. The van der Waals surface area contributed by atoms with Gasteiger partial charge in [0.2, 0.25) is 11.8 Å². The first-order valence-corrected chi connectivity index (χ1v) is 11.7. The number of fused-ring (bicyclic) bond motifs is 2. The van der Waals surface area contributed by atoms with Crippen molar-refractivity contribution in [1.29, 1.82) is 0 Å². The van der Waals surface area contributed by atoms with E-state index in [2.05, 4.69) is 32.3 Å². The van der Waals surface area contributed by atoms with Crippen molar-refractivity contribution in [3.8, 4) is 0 Å². The number of benzene rings is 4. The lowest BCUT2D eigenvalue weighted by Gasteiger charge is -2.12. The molecule has 4 aromatic rings. The Hall–Kier alpha value is -5.12. The number of hydrogen-bond donors (Lipinski definition) is 6. The summed E-state index contributed by atoms with van der Waals surface area (Å²) in [4.78, 5) is 48.3. The summed E-state index contributed by atoms with van der Waals surface area (Å²) in [6, 6.07) is 25.0. The molecule has 4 aromatic carbocycles. The molecule has 0 aromatic heterocycles. The smallest absolute Gasteiger partial charge is 0.306 e. The van der Waals surface area contributed by atoms with E-state index < -0.39 is 23.9 Å². The van der Waals surface area contributed by atoms with Crippen molar-refractivity contribution in [2.24, 2.45) is 0 Å². The highest BCUT2D eigenvalue weighted by molar-refractivity contribution is 6.02. The summed E-state index contributed by atoms with van der Waals surface area (Å²) in [7, 11) is 0. The summed E-state index contributed by atoms with van der Waals surface area (Å²) in [6.45, 7) is 0. The Kier molecular flexibility index (Phi) is 8.12. The van der Waals surface area contributed by atoms with Crippen LogP contribution in [0.25, 0.3) is 21.5 Å². The van der Waals surface area contributed by atoms with Crippen LogP contribution in [0.4, 0.5) is 21.0 Å². The zero-order valence-electron chi connectivity index (χ0n) is 19.8. The summed E-state index contributed by atoms with van der Waals surface area (Å²) in [5, 5.41) is 9.08. The molecule has 0 spiro atoms. The Morgan fingerprint density at radius 3 is 1.35 bits per heavy atom. The molecule has 0 unspecified atom stereocenters. The van der Waals surface area contributed by atoms with Crippen LogP contribution in [0.1, 0.15) is 19.3 Å². The molecule has 0 fully saturated rings. The van der Waals surface area contributed by atoms with Crippen LogP contribution >= 0.6 is 0 Å². The highest BCUT2D eigenvalue weighted by Crippen LogP contribution is 2.23. The zero-order valence-corrected chi connectivity index (χ0v) is 19.8. The van der Waals surface area contributed by atoms with Crippen LogP contribution < -0.4 is 32.3 Å². The van der Waals surface area contributed by atoms with E-state index in [-0.39, 0.29) is 19.3 Å². The first kappa shape index (κ1) is 25.0. The Bertz CT molecular complexity index is 1340. The SMILES string of the molecule is O=C(CCCC(=O)NNC(=O)Nc1cccc2ccccc12)NNC(=O)Nc1cccc2ccccc12. The minimum atomic E-state index is -0.594. The van der Waals surface area contributed by atoms with Gasteiger partial charge in [-0.2, -0.15) is 0 Å². The Labute approximate surface area is 212 Å². The molecule has 0 saturated carbocycles. The summed E-state index contributed by atoms with van der Waals surface area (Å²) >= 11 is 0. The van der Waals surface area contributed by atoms with Crippen molar-refractivity contribution in [3.05, 3.63) is 84.9 Å². The van der Waals surface area contributed by atoms with Crippen molar-refractivity contribution >= 4 is 56.8 Å². The molecule has 188 valence electrons. The van der Waals surface area contributed by atoms with E-state index in [9.17, 15) is 19.2 Å². The lowest BCUT2D eigenvalue weighted by atomic mass is 10.1. The average Bonchev–Trinajstić information content (AvgIpc) is 2.91. The maximum absolute atomic E-state index is 12.1. The van der Waals surface area contributed by atoms with Gasteiger partial charge in [0.15, 0.2) is 0 Å². The molecule has 0 atom stereocenters. The molecular weight excluding hydrogens is 472 g/mol. The van der Waals surface area contributed by atoms with Crippen LogP contribution in [0.3, 0.4) is 0 Å². The van der Waals surface area contributed by atoms with Crippen LogP contribution in [0.15, 0.2) is 84.9 Å². The normalized spacial score (nSPS) is 10.4. The standard InChI is InChI=1S/C27H26N6O4/c34-24(30-32-26(36)28-22-14-5-10-18-8-1-3-12-20(18)22)16-7-17-25(35)31-33-27(37)29-23-15-6-11-19-9-2-4-13-21(19)23/h1-6,8-15H,7,16-17H2,(H,30,34)(H,31,35)(H2,28,32,36)(H2,29,33,37). The van der Waals surface area contributed by atoms with Gasteiger partial charge in [-0.1, -0.05) is 72.8 Å². The van der Waals surface area contributed by atoms with E-state index in [0.29, 0.717) is 11.4 Å².